The van der Waals surface area contributed by atoms with Crippen molar-refractivity contribution >= 4 is 27.5 Å². The lowest BCUT2D eigenvalue weighted by atomic mass is 10.1. The number of benzene rings is 1. The molecule has 4 nitrogen and oxygen atoms in total. The van der Waals surface area contributed by atoms with Crippen LogP contribution in [-0.4, -0.2) is 18.0 Å². The van der Waals surface area contributed by atoms with E-state index in [0.717, 1.165) is 9.48 Å². The molecule has 0 bridgehead atoms. The number of rotatable bonds is 1. The fraction of sp³-hybridized carbons (Fsp3) is 0.125. The minimum absolute atomic E-state index is 0.301. The lowest BCUT2D eigenvalue weighted by molar-refractivity contribution is 0.0796. The number of hydrogen-bond acceptors (Lipinski definition) is 3. The monoisotopic (exact) mass is 243 g/mol. The highest BCUT2D eigenvalue weighted by atomic mass is 79.9. The van der Waals surface area contributed by atoms with Gasteiger partial charge >= 0.3 is 0 Å². The molecule has 4 N–H and O–H groups in total. The normalized spacial score (nSPS) is 9.77. The van der Waals surface area contributed by atoms with Crippen molar-refractivity contribution < 1.29 is 4.79 Å². The van der Waals surface area contributed by atoms with E-state index in [2.05, 4.69) is 15.9 Å². The van der Waals surface area contributed by atoms with E-state index in [1.165, 1.54) is 7.05 Å². The quantitative estimate of drug-likeness (QED) is 0.334. The SMILES string of the molecule is CN(N)C(=O)c1ccc(Br)cc1N. The third-order valence-corrected chi connectivity index (χ3v) is 2.06. The average Bonchev–Trinajstić information content (AvgIpc) is 2.03. The van der Waals surface area contributed by atoms with E-state index in [-0.39, 0.29) is 5.91 Å². The maximum Gasteiger partial charge on any atom is 0.269 e. The number of carbonyl (C=O) groups is 1. The van der Waals surface area contributed by atoms with Gasteiger partial charge in [0.15, 0.2) is 0 Å². The number of nitrogen functional groups attached to an aromatic ring is 1. The van der Waals surface area contributed by atoms with Crippen molar-refractivity contribution in [1.29, 1.82) is 0 Å². The zero-order chi connectivity index (χ0) is 10.0. The van der Waals surface area contributed by atoms with Gasteiger partial charge in [-0.3, -0.25) is 9.80 Å². The van der Waals surface area contributed by atoms with Gasteiger partial charge in [0.05, 0.1) is 5.56 Å². The van der Waals surface area contributed by atoms with E-state index in [1.54, 1.807) is 18.2 Å². The minimum atomic E-state index is -0.301. The number of hydrogen-bond donors (Lipinski definition) is 2. The van der Waals surface area contributed by atoms with Gasteiger partial charge in [-0.25, -0.2) is 5.84 Å². The topological polar surface area (TPSA) is 72.3 Å². The standard InChI is InChI=1S/C8H10BrN3O/c1-12(11)8(13)6-3-2-5(9)4-7(6)10/h2-4H,10-11H2,1H3. The van der Waals surface area contributed by atoms with Crippen LogP contribution in [0.4, 0.5) is 5.69 Å². The predicted molar refractivity (Wildman–Crippen MR) is 54.8 cm³/mol. The van der Waals surface area contributed by atoms with E-state index >= 15 is 0 Å². The molecule has 0 aliphatic heterocycles. The first-order chi connectivity index (χ1) is 6.02. The maximum absolute atomic E-state index is 11.4. The summed E-state index contributed by atoms with van der Waals surface area (Å²) in [5.74, 6) is 4.99. The van der Waals surface area contributed by atoms with Crippen LogP contribution in [0.2, 0.25) is 0 Å². The first kappa shape index (κ1) is 10.0. The first-order valence-electron chi connectivity index (χ1n) is 3.60. The van der Waals surface area contributed by atoms with Crippen LogP contribution < -0.4 is 11.6 Å². The molecule has 70 valence electrons. The van der Waals surface area contributed by atoms with Crippen LogP contribution in [0.5, 0.6) is 0 Å². The highest BCUT2D eigenvalue weighted by molar-refractivity contribution is 9.10. The van der Waals surface area contributed by atoms with E-state index < -0.39 is 0 Å². The Morgan fingerprint density at radius 3 is 2.62 bits per heavy atom. The molecule has 1 rings (SSSR count). The van der Waals surface area contributed by atoms with Crippen molar-refractivity contribution in [2.24, 2.45) is 5.84 Å². The lowest BCUT2D eigenvalue weighted by Gasteiger charge is -2.11. The Balaban J connectivity index is 3.09. The lowest BCUT2D eigenvalue weighted by Crippen LogP contribution is -2.33. The zero-order valence-corrected chi connectivity index (χ0v) is 8.71. The van der Waals surface area contributed by atoms with Crippen LogP contribution in [0.1, 0.15) is 10.4 Å². The minimum Gasteiger partial charge on any atom is -0.398 e. The molecule has 5 heteroatoms. The zero-order valence-electron chi connectivity index (χ0n) is 7.12. The van der Waals surface area contributed by atoms with E-state index in [1.807, 2.05) is 0 Å². The van der Waals surface area contributed by atoms with Gasteiger partial charge in [0, 0.05) is 17.2 Å². The Kier molecular flexibility index (Phi) is 2.90. The predicted octanol–water partition coefficient (Wildman–Crippen LogP) is 0.977. The fourth-order valence-electron chi connectivity index (χ4n) is 0.918. The van der Waals surface area contributed by atoms with Crippen LogP contribution in [0.3, 0.4) is 0 Å². The number of amides is 1. The second-order valence-electron chi connectivity index (χ2n) is 2.65. The fourth-order valence-corrected chi connectivity index (χ4v) is 1.30. The highest BCUT2D eigenvalue weighted by Crippen LogP contribution is 2.18. The van der Waals surface area contributed by atoms with Gasteiger partial charge in [-0.05, 0) is 18.2 Å². The van der Waals surface area contributed by atoms with Crippen LogP contribution in [-0.2, 0) is 0 Å². The molecule has 1 aromatic carbocycles. The summed E-state index contributed by atoms with van der Waals surface area (Å²) in [5.41, 5.74) is 6.45. The van der Waals surface area contributed by atoms with Gasteiger partial charge in [-0.15, -0.1) is 0 Å². The third-order valence-electron chi connectivity index (χ3n) is 1.56. The van der Waals surface area contributed by atoms with Crippen molar-refractivity contribution in [2.75, 3.05) is 12.8 Å². The van der Waals surface area contributed by atoms with Crippen molar-refractivity contribution in [3.05, 3.63) is 28.2 Å². The Bertz CT molecular complexity index is 338. The summed E-state index contributed by atoms with van der Waals surface area (Å²) in [4.78, 5) is 11.4. The largest absolute Gasteiger partial charge is 0.398 e. The number of anilines is 1. The molecule has 0 atom stereocenters. The van der Waals surface area contributed by atoms with E-state index in [0.29, 0.717) is 11.3 Å². The molecule has 1 amide bonds. The molecule has 0 fully saturated rings. The van der Waals surface area contributed by atoms with E-state index in [4.69, 9.17) is 11.6 Å². The van der Waals surface area contributed by atoms with Crippen LogP contribution in [0.15, 0.2) is 22.7 Å². The number of nitrogens with two attached hydrogens (primary N) is 2. The summed E-state index contributed by atoms with van der Waals surface area (Å²) in [6, 6.07) is 5.04. The molecular formula is C8H10BrN3O. The summed E-state index contributed by atoms with van der Waals surface area (Å²) in [6.45, 7) is 0. The number of nitrogens with zero attached hydrogens (tertiary/aromatic N) is 1. The first-order valence-corrected chi connectivity index (χ1v) is 4.39. The summed E-state index contributed by atoms with van der Waals surface area (Å²) in [7, 11) is 1.48. The van der Waals surface area contributed by atoms with Crippen LogP contribution in [0.25, 0.3) is 0 Å². The smallest absolute Gasteiger partial charge is 0.269 e. The summed E-state index contributed by atoms with van der Waals surface area (Å²) in [5, 5.41) is 1.000. The van der Waals surface area contributed by atoms with Gasteiger partial charge < -0.3 is 5.73 Å². The molecule has 0 heterocycles. The molecule has 0 aliphatic carbocycles. The Labute approximate surface area is 84.6 Å². The number of hydrazine groups is 1. The molecule has 0 aliphatic rings. The number of halogens is 1. The van der Waals surface area contributed by atoms with Crippen molar-refractivity contribution in [3.8, 4) is 0 Å². The summed E-state index contributed by atoms with van der Waals surface area (Å²) >= 11 is 3.25. The summed E-state index contributed by atoms with van der Waals surface area (Å²) < 4.78 is 0.834. The van der Waals surface area contributed by atoms with Crippen LogP contribution >= 0.6 is 15.9 Å². The van der Waals surface area contributed by atoms with Gasteiger partial charge in [-0.2, -0.15) is 0 Å². The Hall–Kier alpha value is -1.07. The molecular weight excluding hydrogens is 234 g/mol. The molecule has 0 spiro atoms. The second-order valence-corrected chi connectivity index (χ2v) is 3.56. The molecule has 0 unspecified atom stereocenters. The molecule has 0 saturated carbocycles. The third kappa shape index (κ3) is 2.19. The molecule has 13 heavy (non-hydrogen) atoms. The van der Waals surface area contributed by atoms with Gasteiger partial charge in [0.2, 0.25) is 0 Å². The second kappa shape index (κ2) is 3.76. The molecule has 0 aromatic heterocycles. The number of carbonyl (C=O) groups excluding carboxylic acids is 1. The van der Waals surface area contributed by atoms with Crippen molar-refractivity contribution in [3.63, 3.8) is 0 Å². The van der Waals surface area contributed by atoms with Gasteiger partial charge in [0.25, 0.3) is 5.91 Å². The van der Waals surface area contributed by atoms with Gasteiger partial charge in [-0.1, -0.05) is 15.9 Å². The van der Waals surface area contributed by atoms with Crippen molar-refractivity contribution in [2.45, 2.75) is 0 Å². The van der Waals surface area contributed by atoms with Crippen LogP contribution in [0, 0.1) is 0 Å². The molecule has 0 radical (unpaired) electrons. The summed E-state index contributed by atoms with van der Waals surface area (Å²) in [6.07, 6.45) is 0. The highest BCUT2D eigenvalue weighted by Gasteiger charge is 2.11. The van der Waals surface area contributed by atoms with Crippen molar-refractivity contribution in [1.82, 2.24) is 5.01 Å². The molecule has 0 saturated heterocycles. The average molecular weight is 244 g/mol. The maximum atomic E-state index is 11.4. The van der Waals surface area contributed by atoms with Gasteiger partial charge in [0.1, 0.15) is 0 Å². The Morgan fingerprint density at radius 2 is 2.15 bits per heavy atom. The van der Waals surface area contributed by atoms with E-state index in [9.17, 15) is 4.79 Å². The Morgan fingerprint density at radius 1 is 1.54 bits per heavy atom. The molecule has 1 aromatic rings.